The predicted molar refractivity (Wildman–Crippen MR) is 123 cm³/mol. The molecule has 3 aromatic carbocycles. The van der Waals surface area contributed by atoms with Gasteiger partial charge in [0.05, 0.1) is 12.9 Å². The second-order valence-electron chi connectivity index (χ2n) is 6.84. The fraction of sp³-hybridized carbons (Fsp3) is 0.130. The molecule has 0 fully saturated rings. The molecular weight excluding hydrogens is 365 g/mol. The van der Waals surface area contributed by atoms with Crippen LogP contribution in [0.4, 0.5) is 10.1 Å². The van der Waals surface area contributed by atoms with Crippen molar-refractivity contribution in [1.82, 2.24) is 4.98 Å². The van der Waals surface area contributed by atoms with E-state index in [9.17, 15) is 4.39 Å². The molecule has 0 aliphatic rings. The van der Waals surface area contributed by atoms with Gasteiger partial charge in [0.1, 0.15) is 12.2 Å². The van der Waals surface area contributed by atoms with E-state index in [1.54, 1.807) is 12.1 Å². The van der Waals surface area contributed by atoms with E-state index in [1.165, 1.54) is 18.7 Å². The van der Waals surface area contributed by atoms with Gasteiger partial charge in [0, 0.05) is 48.1 Å². The summed E-state index contributed by atoms with van der Waals surface area (Å²) >= 11 is 0. The maximum absolute atomic E-state index is 13.9. The van der Waals surface area contributed by atoms with E-state index in [1.807, 2.05) is 25.2 Å². The molecule has 1 aromatic heterocycles. The normalized spacial score (nSPS) is 11.9. The number of rotatable bonds is 6. The number of likely N-dealkylation sites (N-methyl/N-ethyl adjacent to an activating group) is 1. The number of anilines is 1. The van der Waals surface area contributed by atoms with Crippen molar-refractivity contribution in [2.75, 3.05) is 25.0 Å². The molecule has 0 bridgehead atoms. The maximum Gasteiger partial charge on any atom is 0.123 e. The van der Waals surface area contributed by atoms with E-state index in [0.717, 1.165) is 38.6 Å². The zero-order chi connectivity index (χ0) is 20.2. The molecule has 6 heteroatoms. The van der Waals surface area contributed by atoms with Crippen LogP contribution in [-0.2, 0) is 0 Å². The summed E-state index contributed by atoms with van der Waals surface area (Å²) in [6.45, 7) is 1.29. The number of benzene rings is 3. The van der Waals surface area contributed by atoms with Crippen molar-refractivity contribution in [2.45, 2.75) is 0 Å². The lowest BCUT2D eigenvalue weighted by Gasteiger charge is -2.22. The Morgan fingerprint density at radius 3 is 2.66 bits per heavy atom. The van der Waals surface area contributed by atoms with Crippen LogP contribution < -0.4 is 10.6 Å². The van der Waals surface area contributed by atoms with Crippen molar-refractivity contribution in [3.63, 3.8) is 0 Å². The number of aliphatic imine (C=N–C) groups is 2. The number of H-pyrrole nitrogens is 1. The number of fused-ring (bicyclic) bond motifs is 3. The van der Waals surface area contributed by atoms with Gasteiger partial charge >= 0.3 is 0 Å². The van der Waals surface area contributed by atoms with Crippen LogP contribution in [0.3, 0.4) is 0 Å². The van der Waals surface area contributed by atoms with Crippen molar-refractivity contribution in [2.24, 2.45) is 15.7 Å². The van der Waals surface area contributed by atoms with E-state index >= 15 is 0 Å². The zero-order valence-electron chi connectivity index (χ0n) is 16.1. The van der Waals surface area contributed by atoms with Crippen LogP contribution in [0.5, 0.6) is 0 Å². The first-order valence-corrected chi connectivity index (χ1v) is 9.40. The van der Waals surface area contributed by atoms with Crippen LogP contribution in [0.25, 0.3) is 32.9 Å². The largest absolute Gasteiger partial charge is 0.390 e. The van der Waals surface area contributed by atoms with Gasteiger partial charge < -0.3 is 15.6 Å². The van der Waals surface area contributed by atoms with E-state index in [0.29, 0.717) is 13.1 Å². The Balaban J connectivity index is 0.00000256. The summed E-state index contributed by atoms with van der Waals surface area (Å²) in [6.07, 6.45) is 2.67. The van der Waals surface area contributed by atoms with Gasteiger partial charge in [-0.2, -0.15) is 0 Å². The van der Waals surface area contributed by atoms with Crippen LogP contribution in [0, 0.1) is 5.82 Å². The summed E-state index contributed by atoms with van der Waals surface area (Å²) < 4.78 is 13.9. The highest BCUT2D eigenvalue weighted by Gasteiger charge is 2.14. The maximum atomic E-state index is 13.9. The van der Waals surface area contributed by atoms with Gasteiger partial charge in [-0.15, -0.1) is 0 Å². The van der Waals surface area contributed by atoms with Crippen molar-refractivity contribution in [3.8, 4) is 11.1 Å². The lowest BCUT2D eigenvalue weighted by atomic mass is 10.00. The van der Waals surface area contributed by atoms with Crippen molar-refractivity contribution < 1.29 is 5.82 Å². The molecule has 0 radical (unpaired) electrons. The number of nitrogens with one attached hydrogen (secondary N) is 1. The molecule has 3 N–H and O–H groups in total. The summed E-state index contributed by atoms with van der Waals surface area (Å²) in [6, 6.07) is 19.3. The molecule has 5 nitrogen and oxygen atoms in total. The van der Waals surface area contributed by atoms with Gasteiger partial charge in [0.25, 0.3) is 0 Å². The first-order valence-electron chi connectivity index (χ1n) is 9.40. The minimum Gasteiger partial charge on any atom is -0.390 e. The van der Waals surface area contributed by atoms with Crippen LogP contribution >= 0.6 is 0 Å². The standard InChI is InChI=1S/C23H22FN5.H2/c1-29(10-9-26-15-27-14-25)23-13-20-19-11-17(24)7-8-21(19)28-22(20)12-18(23)16-5-3-2-4-6-16;/h2-8,11-15,28H,9-10H2,1H3,(H2,25,26,27);1H. The Morgan fingerprint density at radius 1 is 1.07 bits per heavy atom. The second-order valence-corrected chi connectivity index (χ2v) is 6.84. The second kappa shape index (κ2) is 8.14. The zero-order valence-corrected chi connectivity index (χ0v) is 16.1. The summed E-state index contributed by atoms with van der Waals surface area (Å²) in [5.74, 6) is -0.241. The lowest BCUT2D eigenvalue weighted by Crippen LogP contribution is -2.21. The third-order valence-corrected chi connectivity index (χ3v) is 4.97. The number of halogens is 1. The van der Waals surface area contributed by atoms with Crippen LogP contribution in [-0.4, -0.2) is 37.8 Å². The molecule has 29 heavy (non-hydrogen) atoms. The third-order valence-electron chi connectivity index (χ3n) is 4.97. The van der Waals surface area contributed by atoms with Crippen molar-refractivity contribution in [3.05, 3.63) is 66.5 Å². The molecule has 0 aliphatic heterocycles. The molecule has 0 unspecified atom stereocenters. The molecule has 4 aromatic rings. The van der Waals surface area contributed by atoms with Crippen molar-refractivity contribution >= 4 is 40.2 Å². The molecule has 0 spiro atoms. The number of aromatic nitrogens is 1. The molecule has 0 saturated heterocycles. The fourth-order valence-electron chi connectivity index (χ4n) is 3.54. The average Bonchev–Trinajstić information content (AvgIpc) is 3.10. The first-order chi connectivity index (χ1) is 14.2. The summed E-state index contributed by atoms with van der Waals surface area (Å²) in [5.41, 5.74) is 10.4. The number of aromatic amines is 1. The highest BCUT2D eigenvalue weighted by molar-refractivity contribution is 6.10. The molecule has 0 atom stereocenters. The number of nitrogens with two attached hydrogens (primary N) is 1. The summed E-state index contributed by atoms with van der Waals surface area (Å²) in [7, 11) is 2.03. The summed E-state index contributed by atoms with van der Waals surface area (Å²) in [5, 5.41) is 1.88. The predicted octanol–water partition coefficient (Wildman–Crippen LogP) is 4.82. The minimum absolute atomic E-state index is 0. The van der Waals surface area contributed by atoms with Crippen LogP contribution in [0.1, 0.15) is 1.43 Å². The van der Waals surface area contributed by atoms with Gasteiger partial charge in [0.2, 0.25) is 0 Å². The molecule has 0 aliphatic carbocycles. The van der Waals surface area contributed by atoms with Gasteiger partial charge in [-0.3, -0.25) is 4.99 Å². The Morgan fingerprint density at radius 2 is 1.86 bits per heavy atom. The molecule has 0 saturated carbocycles. The third kappa shape index (κ3) is 3.82. The van der Waals surface area contributed by atoms with Crippen LogP contribution in [0.2, 0.25) is 0 Å². The number of nitrogens with zero attached hydrogens (tertiary/aromatic N) is 3. The smallest absolute Gasteiger partial charge is 0.123 e. The van der Waals surface area contributed by atoms with E-state index in [4.69, 9.17) is 5.73 Å². The lowest BCUT2D eigenvalue weighted by molar-refractivity contribution is 0.630. The highest BCUT2D eigenvalue weighted by Crippen LogP contribution is 2.37. The van der Waals surface area contributed by atoms with Gasteiger partial charge in [-0.25, -0.2) is 9.38 Å². The molecule has 148 valence electrons. The van der Waals surface area contributed by atoms with E-state index in [2.05, 4.69) is 44.1 Å². The Kier molecular flexibility index (Phi) is 5.24. The number of hydrogen-bond acceptors (Lipinski definition) is 2. The van der Waals surface area contributed by atoms with Crippen molar-refractivity contribution in [1.29, 1.82) is 0 Å². The highest BCUT2D eigenvalue weighted by atomic mass is 19.1. The van der Waals surface area contributed by atoms with Gasteiger partial charge in [-0.1, -0.05) is 30.3 Å². The SMILES string of the molecule is CN(CCN=CN=CN)c1cc2c(cc1-c1ccccc1)[nH]c1ccc(F)cc12.[HH]. The van der Waals surface area contributed by atoms with Gasteiger partial charge in [-0.05, 0) is 35.9 Å². The minimum atomic E-state index is -0.241. The van der Waals surface area contributed by atoms with E-state index < -0.39 is 0 Å². The fourth-order valence-corrected chi connectivity index (χ4v) is 3.54. The monoisotopic (exact) mass is 389 g/mol. The Labute approximate surface area is 169 Å². The molecule has 1 heterocycles. The topological polar surface area (TPSA) is 69.8 Å². The first kappa shape index (κ1) is 18.7. The van der Waals surface area contributed by atoms with E-state index in [-0.39, 0.29) is 7.24 Å². The van der Waals surface area contributed by atoms with Gasteiger partial charge in [0.15, 0.2) is 0 Å². The Bertz CT molecular complexity index is 1200. The average molecular weight is 389 g/mol. The molecular formula is C23H24FN5. The Hall–Kier alpha value is -3.67. The van der Waals surface area contributed by atoms with Crippen LogP contribution in [0.15, 0.2) is 70.6 Å². The number of hydrogen-bond donors (Lipinski definition) is 2. The quantitative estimate of drug-likeness (QED) is 0.366. The molecule has 0 amide bonds. The summed E-state index contributed by atoms with van der Waals surface area (Å²) in [4.78, 5) is 13.6. The molecule has 4 rings (SSSR count).